The van der Waals surface area contributed by atoms with Crippen LogP contribution in [0.1, 0.15) is 0 Å². The third-order valence-corrected chi connectivity index (χ3v) is 3.72. The molecule has 0 aliphatic heterocycles. The van der Waals surface area contributed by atoms with Gasteiger partial charge >= 0.3 is 23.9 Å². The van der Waals surface area contributed by atoms with Crippen LogP contribution in [0.15, 0.2) is 38.0 Å². The predicted molar refractivity (Wildman–Crippen MR) is 110 cm³/mol. The highest BCUT2D eigenvalue weighted by Crippen LogP contribution is 2.21. The molecule has 0 saturated carbocycles. The molecule has 0 rings (SSSR count). The molecule has 32 heavy (non-hydrogen) atoms. The van der Waals surface area contributed by atoms with Crippen LogP contribution < -0.4 is 5.90 Å². The Balaban J connectivity index is 5.25. The standard InChI is InChI=1S/C21H27NO10/c1-5-17(23)28-10-16(11-29-18(24)6-2)9-27-12-21(15-32-22,13-30-19(25)7-3)14-31-20(26)8-4/h3,5-6,8,16H,1-2,4,9-15,22H2. The fraction of sp³-hybridized carbons (Fsp3) is 0.429. The van der Waals surface area contributed by atoms with Gasteiger partial charge in [-0.2, -0.15) is 0 Å². The van der Waals surface area contributed by atoms with Crippen molar-refractivity contribution in [2.24, 2.45) is 17.2 Å². The minimum atomic E-state index is -1.22. The van der Waals surface area contributed by atoms with Gasteiger partial charge in [0.25, 0.3) is 0 Å². The largest absolute Gasteiger partial charge is 0.462 e. The summed E-state index contributed by atoms with van der Waals surface area (Å²) in [7, 11) is 0. The molecule has 0 saturated heterocycles. The summed E-state index contributed by atoms with van der Waals surface area (Å²) in [5.41, 5.74) is -1.22. The summed E-state index contributed by atoms with van der Waals surface area (Å²) < 4.78 is 25.6. The second-order valence-corrected chi connectivity index (χ2v) is 6.39. The Morgan fingerprint density at radius 1 is 0.812 bits per heavy atom. The smallest absolute Gasteiger partial charge is 0.384 e. The molecule has 176 valence electrons. The van der Waals surface area contributed by atoms with Crippen molar-refractivity contribution in [2.75, 3.05) is 46.2 Å². The Kier molecular flexibility index (Phi) is 14.5. The van der Waals surface area contributed by atoms with E-state index in [9.17, 15) is 19.2 Å². The van der Waals surface area contributed by atoms with E-state index in [1.165, 1.54) is 0 Å². The van der Waals surface area contributed by atoms with Crippen molar-refractivity contribution >= 4 is 23.9 Å². The quantitative estimate of drug-likeness (QED) is 0.0783. The number of carbonyl (C=O) groups is 4. The maximum atomic E-state index is 11.5. The fourth-order valence-electron chi connectivity index (χ4n) is 2.07. The van der Waals surface area contributed by atoms with Crippen LogP contribution in [0.2, 0.25) is 0 Å². The zero-order valence-corrected chi connectivity index (χ0v) is 17.6. The van der Waals surface area contributed by atoms with Gasteiger partial charge < -0.3 is 28.5 Å². The number of ether oxygens (including phenoxy) is 5. The summed E-state index contributed by atoms with van der Waals surface area (Å²) in [5, 5.41) is 0. The Labute approximate surface area is 186 Å². The monoisotopic (exact) mass is 453 g/mol. The maximum Gasteiger partial charge on any atom is 0.384 e. The zero-order chi connectivity index (χ0) is 24.4. The highest BCUT2D eigenvalue weighted by molar-refractivity contribution is 5.87. The number of hydrogen-bond acceptors (Lipinski definition) is 11. The molecule has 11 heteroatoms. The van der Waals surface area contributed by atoms with Crippen molar-refractivity contribution in [3.63, 3.8) is 0 Å². The molecule has 0 aromatic carbocycles. The van der Waals surface area contributed by atoms with Crippen LogP contribution in [0.4, 0.5) is 0 Å². The van der Waals surface area contributed by atoms with E-state index in [2.05, 4.69) is 24.6 Å². The van der Waals surface area contributed by atoms with Gasteiger partial charge in [-0.3, -0.25) is 0 Å². The van der Waals surface area contributed by atoms with Crippen molar-refractivity contribution in [3.8, 4) is 12.3 Å². The summed E-state index contributed by atoms with van der Waals surface area (Å²) in [4.78, 5) is 50.2. The van der Waals surface area contributed by atoms with Crippen LogP contribution in [0.3, 0.4) is 0 Å². The predicted octanol–water partition coefficient (Wildman–Crippen LogP) is -0.140. The van der Waals surface area contributed by atoms with E-state index in [1.807, 2.05) is 0 Å². The van der Waals surface area contributed by atoms with E-state index in [1.54, 1.807) is 5.92 Å². The fourth-order valence-corrected chi connectivity index (χ4v) is 2.07. The first-order valence-electron chi connectivity index (χ1n) is 9.16. The van der Waals surface area contributed by atoms with Gasteiger partial charge in [-0.15, -0.1) is 6.42 Å². The molecule has 0 fully saturated rings. The van der Waals surface area contributed by atoms with Crippen molar-refractivity contribution in [2.45, 2.75) is 0 Å². The van der Waals surface area contributed by atoms with Gasteiger partial charge in [0.2, 0.25) is 0 Å². The molecule has 0 amide bonds. The Bertz CT molecular complexity index is 703. The number of carbonyl (C=O) groups excluding carboxylic acids is 4. The number of terminal acetylenes is 1. The lowest BCUT2D eigenvalue weighted by Gasteiger charge is -2.31. The summed E-state index contributed by atoms with van der Waals surface area (Å²) in [6.45, 7) is 8.43. The SMILES string of the molecule is C#CC(=O)OCC(CON)(COCC(COC(=O)C=C)COC(=O)C=C)COC(=O)C=C. The summed E-state index contributed by atoms with van der Waals surface area (Å²) in [5.74, 6) is 3.37. The molecule has 0 spiro atoms. The summed E-state index contributed by atoms with van der Waals surface area (Å²) in [6.07, 6.45) is 7.89. The molecule has 0 aliphatic rings. The lowest BCUT2D eigenvalue weighted by Crippen LogP contribution is -2.44. The molecule has 0 bridgehead atoms. The Hall–Kier alpha value is -3.46. The lowest BCUT2D eigenvalue weighted by atomic mass is 9.92. The topological polar surface area (TPSA) is 150 Å². The van der Waals surface area contributed by atoms with Gasteiger partial charge in [-0.25, -0.2) is 25.1 Å². The molecule has 0 aliphatic carbocycles. The minimum absolute atomic E-state index is 0.0698. The van der Waals surface area contributed by atoms with E-state index >= 15 is 0 Å². The molecule has 2 N–H and O–H groups in total. The van der Waals surface area contributed by atoms with E-state index in [4.69, 9.17) is 36.0 Å². The first-order valence-corrected chi connectivity index (χ1v) is 9.16. The van der Waals surface area contributed by atoms with Crippen molar-refractivity contribution < 1.29 is 47.7 Å². The zero-order valence-electron chi connectivity index (χ0n) is 17.6. The number of rotatable bonds is 17. The van der Waals surface area contributed by atoms with Gasteiger partial charge in [0.1, 0.15) is 13.2 Å². The highest BCUT2D eigenvalue weighted by Gasteiger charge is 2.35. The number of hydrogen-bond donors (Lipinski definition) is 1. The van der Waals surface area contributed by atoms with Crippen molar-refractivity contribution in [3.05, 3.63) is 38.0 Å². The minimum Gasteiger partial charge on any atom is -0.462 e. The lowest BCUT2D eigenvalue weighted by molar-refractivity contribution is -0.158. The van der Waals surface area contributed by atoms with E-state index < -0.39 is 35.2 Å². The van der Waals surface area contributed by atoms with E-state index in [-0.39, 0.29) is 46.2 Å². The maximum absolute atomic E-state index is 11.5. The van der Waals surface area contributed by atoms with Gasteiger partial charge in [-0.05, 0) is 0 Å². The average molecular weight is 453 g/mol. The van der Waals surface area contributed by atoms with Crippen LogP contribution in [0.5, 0.6) is 0 Å². The van der Waals surface area contributed by atoms with Gasteiger partial charge in [0.05, 0.1) is 44.4 Å². The second-order valence-electron chi connectivity index (χ2n) is 6.39. The van der Waals surface area contributed by atoms with Crippen LogP contribution in [-0.4, -0.2) is 70.1 Å². The van der Waals surface area contributed by atoms with Gasteiger partial charge in [0, 0.05) is 24.1 Å². The van der Waals surface area contributed by atoms with Crippen molar-refractivity contribution in [1.29, 1.82) is 0 Å². The first-order chi connectivity index (χ1) is 15.2. The Morgan fingerprint density at radius 3 is 1.78 bits per heavy atom. The number of esters is 4. The van der Waals surface area contributed by atoms with Gasteiger partial charge in [0.15, 0.2) is 0 Å². The Morgan fingerprint density at radius 2 is 1.31 bits per heavy atom. The normalized spacial score (nSPS) is 11.9. The molecule has 0 radical (unpaired) electrons. The molecule has 1 unspecified atom stereocenters. The van der Waals surface area contributed by atoms with Crippen molar-refractivity contribution in [1.82, 2.24) is 0 Å². The van der Waals surface area contributed by atoms with Crippen LogP contribution >= 0.6 is 0 Å². The van der Waals surface area contributed by atoms with Gasteiger partial charge in [-0.1, -0.05) is 19.7 Å². The van der Waals surface area contributed by atoms with Crippen LogP contribution in [-0.2, 0) is 47.7 Å². The molecule has 11 nitrogen and oxygen atoms in total. The highest BCUT2D eigenvalue weighted by atomic mass is 16.6. The molecule has 0 heterocycles. The first kappa shape index (κ1) is 28.5. The average Bonchev–Trinajstić information content (AvgIpc) is 2.81. The second kappa shape index (κ2) is 16.3. The van der Waals surface area contributed by atoms with Crippen LogP contribution in [0, 0.1) is 23.7 Å². The van der Waals surface area contributed by atoms with Crippen LogP contribution in [0.25, 0.3) is 0 Å². The molecule has 1 atom stereocenters. The molecule has 0 aromatic heterocycles. The molecule has 0 aromatic rings. The third kappa shape index (κ3) is 12.3. The third-order valence-electron chi connectivity index (χ3n) is 3.72. The number of nitrogens with two attached hydrogens (primary N) is 1. The van der Waals surface area contributed by atoms with E-state index in [0.717, 1.165) is 18.2 Å². The van der Waals surface area contributed by atoms with E-state index in [0.29, 0.717) is 0 Å². The molecular weight excluding hydrogens is 426 g/mol. The summed E-state index contributed by atoms with van der Waals surface area (Å²) in [6, 6.07) is 0. The summed E-state index contributed by atoms with van der Waals surface area (Å²) >= 11 is 0. The molecular formula is C21H27NO10.